The van der Waals surface area contributed by atoms with Gasteiger partial charge in [-0.15, -0.1) is 0 Å². The Balaban J connectivity index is 2.07. The number of benzene rings is 1. The number of halogens is 1. The van der Waals surface area contributed by atoms with Crippen LogP contribution in [-0.4, -0.2) is 31.5 Å². The topological polar surface area (TPSA) is 41.1 Å². The molecule has 0 spiro atoms. The van der Waals surface area contributed by atoms with Crippen molar-refractivity contribution < 1.29 is 4.79 Å². The van der Waals surface area contributed by atoms with Gasteiger partial charge in [0, 0.05) is 30.1 Å². The van der Waals surface area contributed by atoms with Crippen LogP contribution < -0.4 is 10.6 Å². The molecule has 1 aromatic carbocycles. The lowest BCUT2D eigenvalue weighted by atomic mass is 9.88. The fraction of sp³-hybridized carbons (Fsp3) is 0.562. The van der Waals surface area contributed by atoms with Crippen LogP contribution in [0.25, 0.3) is 0 Å². The van der Waals surface area contributed by atoms with Crippen molar-refractivity contribution in [2.45, 2.75) is 32.2 Å². The number of carbonyl (C=O) groups excluding carboxylic acids is 1. The fourth-order valence-corrected chi connectivity index (χ4v) is 2.72. The van der Waals surface area contributed by atoms with Gasteiger partial charge in [0.05, 0.1) is 5.92 Å². The average molecular weight is 295 g/mol. The van der Waals surface area contributed by atoms with Crippen molar-refractivity contribution >= 4 is 17.4 Å². The molecule has 1 fully saturated rings. The maximum atomic E-state index is 12.4. The lowest BCUT2D eigenvalue weighted by Gasteiger charge is -2.21. The summed E-state index contributed by atoms with van der Waals surface area (Å²) in [5, 5.41) is 7.55. The van der Waals surface area contributed by atoms with E-state index < -0.39 is 0 Å². The summed E-state index contributed by atoms with van der Waals surface area (Å²) in [7, 11) is 0. The SMILES string of the molecule is CC(C)C(=O)[C@H](CN[C@H]1CCNC1)c1ccc(Cl)cc1. The summed E-state index contributed by atoms with van der Waals surface area (Å²) in [6, 6.07) is 8.11. The van der Waals surface area contributed by atoms with Crippen LogP contribution in [-0.2, 0) is 4.79 Å². The summed E-state index contributed by atoms with van der Waals surface area (Å²) in [4.78, 5) is 12.4. The van der Waals surface area contributed by atoms with Crippen molar-refractivity contribution in [3.05, 3.63) is 34.9 Å². The molecule has 0 aromatic heterocycles. The average Bonchev–Trinajstić information content (AvgIpc) is 2.93. The van der Waals surface area contributed by atoms with E-state index in [0.29, 0.717) is 17.6 Å². The first kappa shape index (κ1) is 15.5. The minimum absolute atomic E-state index is 0.0409. The summed E-state index contributed by atoms with van der Waals surface area (Å²) in [5.41, 5.74) is 1.05. The van der Waals surface area contributed by atoms with Gasteiger partial charge in [0.2, 0.25) is 0 Å². The monoisotopic (exact) mass is 294 g/mol. The van der Waals surface area contributed by atoms with Crippen molar-refractivity contribution in [1.29, 1.82) is 0 Å². The Morgan fingerprint density at radius 3 is 2.65 bits per heavy atom. The Bertz CT molecular complexity index is 438. The van der Waals surface area contributed by atoms with Gasteiger partial charge in [-0.25, -0.2) is 0 Å². The first-order chi connectivity index (χ1) is 9.58. The van der Waals surface area contributed by atoms with Crippen molar-refractivity contribution in [1.82, 2.24) is 10.6 Å². The minimum Gasteiger partial charge on any atom is -0.315 e. The molecule has 0 bridgehead atoms. The molecular formula is C16H23ClN2O. The molecule has 0 aliphatic carbocycles. The number of Topliss-reactive ketones (excluding diaryl/α,β-unsaturated/α-hetero) is 1. The molecule has 0 radical (unpaired) electrons. The molecule has 1 saturated heterocycles. The van der Waals surface area contributed by atoms with Gasteiger partial charge in [-0.2, -0.15) is 0 Å². The highest BCUT2D eigenvalue weighted by Crippen LogP contribution is 2.22. The quantitative estimate of drug-likeness (QED) is 0.847. The van der Waals surface area contributed by atoms with Crippen LogP contribution in [0.4, 0.5) is 0 Å². The predicted octanol–water partition coefficient (Wildman–Crippen LogP) is 2.60. The maximum absolute atomic E-state index is 12.4. The molecule has 2 atom stereocenters. The van der Waals surface area contributed by atoms with Gasteiger partial charge in [0.15, 0.2) is 0 Å². The highest BCUT2D eigenvalue weighted by Gasteiger charge is 2.24. The molecule has 4 heteroatoms. The van der Waals surface area contributed by atoms with Crippen LogP contribution in [0.3, 0.4) is 0 Å². The number of hydrogen-bond donors (Lipinski definition) is 2. The first-order valence-electron chi connectivity index (χ1n) is 7.31. The van der Waals surface area contributed by atoms with E-state index >= 15 is 0 Å². The summed E-state index contributed by atoms with van der Waals surface area (Å²) in [6.45, 7) is 6.67. The van der Waals surface area contributed by atoms with E-state index in [1.807, 2.05) is 38.1 Å². The fourth-order valence-electron chi connectivity index (χ4n) is 2.59. The molecule has 2 rings (SSSR count). The molecule has 1 aliphatic rings. The van der Waals surface area contributed by atoms with Crippen molar-refractivity contribution in [2.24, 2.45) is 5.92 Å². The molecule has 1 aliphatic heterocycles. The van der Waals surface area contributed by atoms with E-state index in [2.05, 4.69) is 10.6 Å². The maximum Gasteiger partial charge on any atom is 0.144 e. The molecule has 0 saturated carbocycles. The largest absolute Gasteiger partial charge is 0.315 e. The number of hydrogen-bond acceptors (Lipinski definition) is 3. The molecule has 20 heavy (non-hydrogen) atoms. The normalized spacial score (nSPS) is 20.3. The van der Waals surface area contributed by atoms with Crippen molar-refractivity contribution in [2.75, 3.05) is 19.6 Å². The van der Waals surface area contributed by atoms with Crippen LogP contribution in [0, 0.1) is 5.92 Å². The Labute approximate surface area is 126 Å². The van der Waals surface area contributed by atoms with E-state index in [-0.39, 0.29) is 17.6 Å². The number of rotatable bonds is 6. The van der Waals surface area contributed by atoms with E-state index in [9.17, 15) is 4.79 Å². The van der Waals surface area contributed by atoms with Gasteiger partial charge < -0.3 is 10.6 Å². The lowest BCUT2D eigenvalue weighted by Crippen LogP contribution is -2.37. The summed E-state index contributed by atoms with van der Waals surface area (Å²) >= 11 is 5.93. The Hall–Kier alpha value is -0.900. The number of ketones is 1. The molecule has 0 amide bonds. The zero-order valence-electron chi connectivity index (χ0n) is 12.2. The van der Waals surface area contributed by atoms with Crippen LogP contribution in [0.2, 0.25) is 5.02 Å². The Kier molecular flexibility index (Phi) is 5.58. The van der Waals surface area contributed by atoms with Gasteiger partial charge in [-0.1, -0.05) is 37.6 Å². The second kappa shape index (κ2) is 7.21. The van der Waals surface area contributed by atoms with E-state index in [4.69, 9.17) is 11.6 Å². The van der Waals surface area contributed by atoms with Gasteiger partial charge in [0.1, 0.15) is 5.78 Å². The Morgan fingerprint density at radius 1 is 1.40 bits per heavy atom. The van der Waals surface area contributed by atoms with Gasteiger partial charge in [0.25, 0.3) is 0 Å². The van der Waals surface area contributed by atoms with Crippen LogP contribution in [0.1, 0.15) is 31.7 Å². The van der Waals surface area contributed by atoms with Crippen LogP contribution in [0.5, 0.6) is 0 Å². The first-order valence-corrected chi connectivity index (χ1v) is 7.69. The molecule has 2 N–H and O–H groups in total. The lowest BCUT2D eigenvalue weighted by molar-refractivity contribution is -0.123. The van der Waals surface area contributed by atoms with Crippen molar-refractivity contribution in [3.8, 4) is 0 Å². The molecule has 0 unspecified atom stereocenters. The molecule has 110 valence electrons. The summed E-state index contributed by atoms with van der Waals surface area (Å²) < 4.78 is 0. The van der Waals surface area contributed by atoms with E-state index in [1.165, 1.54) is 0 Å². The van der Waals surface area contributed by atoms with Gasteiger partial charge >= 0.3 is 0 Å². The molecule has 1 heterocycles. The summed E-state index contributed by atoms with van der Waals surface area (Å²) in [5.74, 6) is 0.234. The Morgan fingerprint density at radius 2 is 2.10 bits per heavy atom. The third kappa shape index (κ3) is 4.05. The second-order valence-electron chi connectivity index (χ2n) is 5.76. The predicted molar refractivity (Wildman–Crippen MR) is 83.3 cm³/mol. The zero-order valence-corrected chi connectivity index (χ0v) is 12.9. The summed E-state index contributed by atoms with van der Waals surface area (Å²) in [6.07, 6.45) is 1.13. The smallest absolute Gasteiger partial charge is 0.144 e. The van der Waals surface area contributed by atoms with E-state index in [1.54, 1.807) is 0 Å². The van der Waals surface area contributed by atoms with Gasteiger partial charge in [-0.05, 0) is 30.7 Å². The number of carbonyl (C=O) groups is 1. The molecule has 3 nitrogen and oxygen atoms in total. The second-order valence-corrected chi connectivity index (χ2v) is 6.20. The van der Waals surface area contributed by atoms with Crippen LogP contribution in [0.15, 0.2) is 24.3 Å². The minimum atomic E-state index is -0.0899. The highest BCUT2D eigenvalue weighted by atomic mass is 35.5. The molecule has 1 aromatic rings. The standard InChI is InChI=1S/C16H23ClN2O/c1-11(2)16(20)15(10-19-14-7-8-18-9-14)12-3-5-13(17)6-4-12/h3-6,11,14-15,18-19H,7-10H2,1-2H3/t14-,15+/m0/s1. The third-order valence-corrected chi connectivity index (χ3v) is 4.11. The van der Waals surface area contributed by atoms with Crippen molar-refractivity contribution in [3.63, 3.8) is 0 Å². The molecular weight excluding hydrogens is 272 g/mol. The van der Waals surface area contributed by atoms with Gasteiger partial charge in [-0.3, -0.25) is 4.79 Å². The van der Waals surface area contributed by atoms with E-state index in [0.717, 1.165) is 25.1 Å². The zero-order chi connectivity index (χ0) is 14.5. The van der Waals surface area contributed by atoms with Crippen LogP contribution >= 0.6 is 11.6 Å². The highest BCUT2D eigenvalue weighted by molar-refractivity contribution is 6.30. The number of nitrogens with one attached hydrogen (secondary N) is 2. The third-order valence-electron chi connectivity index (χ3n) is 3.86.